The summed E-state index contributed by atoms with van der Waals surface area (Å²) < 4.78 is 11.4. The number of aromatic nitrogens is 2. The molecule has 0 aliphatic heterocycles. The van der Waals surface area contributed by atoms with Gasteiger partial charge in [0.2, 0.25) is 0 Å². The van der Waals surface area contributed by atoms with Gasteiger partial charge in [-0.3, -0.25) is 0 Å². The van der Waals surface area contributed by atoms with Crippen molar-refractivity contribution in [3.8, 4) is 17.1 Å². The van der Waals surface area contributed by atoms with Crippen LogP contribution in [0.3, 0.4) is 0 Å². The summed E-state index contributed by atoms with van der Waals surface area (Å²) in [5.74, 6) is 1.78. The molecule has 1 aromatic carbocycles. The van der Waals surface area contributed by atoms with Crippen molar-refractivity contribution in [3.05, 3.63) is 34.4 Å². The number of benzene rings is 1. The topological polar surface area (TPSA) is 70.3 Å². The van der Waals surface area contributed by atoms with Crippen LogP contribution in [0.15, 0.2) is 28.7 Å². The van der Waals surface area contributed by atoms with Crippen LogP contribution >= 0.6 is 15.9 Å². The van der Waals surface area contributed by atoms with E-state index in [4.69, 9.17) is 15.2 Å². The summed E-state index contributed by atoms with van der Waals surface area (Å²) in [7, 11) is 1.61. The first-order valence-electron chi connectivity index (χ1n) is 6.59. The van der Waals surface area contributed by atoms with E-state index in [2.05, 4.69) is 25.9 Å². The molecular formula is C15H18BrN3O2. The van der Waals surface area contributed by atoms with Gasteiger partial charge in [-0.05, 0) is 54.0 Å². The van der Waals surface area contributed by atoms with Gasteiger partial charge in [0.15, 0.2) is 5.82 Å². The third kappa shape index (κ3) is 3.92. The van der Waals surface area contributed by atoms with Crippen molar-refractivity contribution < 1.29 is 9.47 Å². The van der Waals surface area contributed by atoms with Gasteiger partial charge in [0, 0.05) is 12.7 Å². The largest absolute Gasteiger partial charge is 0.491 e. The molecule has 0 saturated carbocycles. The van der Waals surface area contributed by atoms with Crippen molar-refractivity contribution >= 4 is 21.7 Å². The Hall–Kier alpha value is -1.66. The smallest absolute Gasteiger partial charge is 0.161 e. The fourth-order valence-corrected chi connectivity index (χ4v) is 2.12. The zero-order valence-electron chi connectivity index (χ0n) is 12.3. The van der Waals surface area contributed by atoms with Crippen LogP contribution in [0.1, 0.15) is 19.5 Å². The average molecular weight is 352 g/mol. The average Bonchev–Trinajstić information content (AvgIpc) is 2.44. The van der Waals surface area contributed by atoms with E-state index in [9.17, 15) is 0 Å². The van der Waals surface area contributed by atoms with E-state index in [-0.39, 0.29) is 6.10 Å². The number of halogens is 1. The quantitative estimate of drug-likeness (QED) is 0.893. The molecule has 0 atom stereocenters. The Morgan fingerprint density at radius 3 is 2.43 bits per heavy atom. The lowest BCUT2D eigenvalue weighted by Crippen LogP contribution is -2.05. The maximum atomic E-state index is 5.91. The highest BCUT2D eigenvalue weighted by atomic mass is 79.9. The van der Waals surface area contributed by atoms with Crippen LogP contribution < -0.4 is 10.5 Å². The summed E-state index contributed by atoms with van der Waals surface area (Å²) in [6.07, 6.45) is 0.142. The summed E-state index contributed by atoms with van der Waals surface area (Å²) in [6.45, 7) is 4.35. The first-order valence-corrected chi connectivity index (χ1v) is 7.38. The Kier molecular flexibility index (Phi) is 5.14. The second kappa shape index (κ2) is 6.87. The summed E-state index contributed by atoms with van der Waals surface area (Å²) >= 11 is 3.38. The van der Waals surface area contributed by atoms with E-state index in [0.29, 0.717) is 22.7 Å². The molecule has 1 heterocycles. The van der Waals surface area contributed by atoms with E-state index in [1.54, 1.807) is 7.11 Å². The van der Waals surface area contributed by atoms with Gasteiger partial charge in [0.1, 0.15) is 11.6 Å². The van der Waals surface area contributed by atoms with Crippen molar-refractivity contribution in [2.45, 2.75) is 26.6 Å². The molecule has 0 bridgehead atoms. The number of hydrogen-bond acceptors (Lipinski definition) is 5. The molecule has 2 aromatic rings. The number of hydrogen-bond donors (Lipinski definition) is 1. The van der Waals surface area contributed by atoms with Crippen LogP contribution in [-0.2, 0) is 11.3 Å². The Labute approximate surface area is 132 Å². The molecule has 0 saturated heterocycles. The fraction of sp³-hybridized carbons (Fsp3) is 0.333. The molecule has 112 valence electrons. The fourth-order valence-electron chi connectivity index (χ4n) is 1.83. The number of rotatable bonds is 5. The maximum Gasteiger partial charge on any atom is 0.161 e. The highest BCUT2D eigenvalue weighted by Crippen LogP contribution is 2.26. The Morgan fingerprint density at radius 1 is 1.19 bits per heavy atom. The first-order chi connectivity index (χ1) is 10.0. The summed E-state index contributed by atoms with van der Waals surface area (Å²) in [4.78, 5) is 8.78. The predicted molar refractivity (Wildman–Crippen MR) is 86.1 cm³/mol. The zero-order valence-corrected chi connectivity index (χ0v) is 13.8. The molecule has 2 rings (SSSR count). The first kappa shape index (κ1) is 15.7. The van der Waals surface area contributed by atoms with Gasteiger partial charge < -0.3 is 15.2 Å². The van der Waals surface area contributed by atoms with Crippen molar-refractivity contribution in [2.24, 2.45) is 0 Å². The molecule has 2 N–H and O–H groups in total. The van der Waals surface area contributed by atoms with E-state index in [1.165, 1.54) is 0 Å². The maximum absolute atomic E-state index is 5.91. The van der Waals surface area contributed by atoms with Crippen molar-refractivity contribution in [2.75, 3.05) is 12.8 Å². The Bertz CT molecular complexity index is 615. The third-order valence-electron chi connectivity index (χ3n) is 2.71. The van der Waals surface area contributed by atoms with Gasteiger partial charge in [-0.25, -0.2) is 9.97 Å². The normalized spacial score (nSPS) is 10.9. The lowest BCUT2D eigenvalue weighted by atomic mass is 10.2. The number of methoxy groups -OCH3 is 1. The van der Waals surface area contributed by atoms with Gasteiger partial charge in [0.25, 0.3) is 0 Å². The lowest BCUT2D eigenvalue weighted by molar-refractivity contribution is 0.181. The number of ether oxygens (including phenoxy) is 2. The van der Waals surface area contributed by atoms with Crippen LogP contribution in [0.5, 0.6) is 5.75 Å². The van der Waals surface area contributed by atoms with Gasteiger partial charge in [-0.1, -0.05) is 0 Å². The molecule has 0 aliphatic rings. The number of nitrogen functional groups attached to an aromatic ring is 1. The number of anilines is 1. The molecule has 0 spiro atoms. The third-order valence-corrected chi connectivity index (χ3v) is 3.57. The molecular weight excluding hydrogens is 334 g/mol. The molecule has 0 amide bonds. The van der Waals surface area contributed by atoms with E-state index in [0.717, 1.165) is 17.0 Å². The van der Waals surface area contributed by atoms with Crippen LogP contribution in [-0.4, -0.2) is 23.2 Å². The van der Waals surface area contributed by atoms with Gasteiger partial charge in [-0.15, -0.1) is 0 Å². The summed E-state index contributed by atoms with van der Waals surface area (Å²) in [5.41, 5.74) is 7.51. The van der Waals surface area contributed by atoms with Crippen molar-refractivity contribution in [3.63, 3.8) is 0 Å². The van der Waals surface area contributed by atoms with Gasteiger partial charge >= 0.3 is 0 Å². The van der Waals surface area contributed by atoms with E-state index in [1.807, 2.05) is 38.1 Å². The van der Waals surface area contributed by atoms with Crippen LogP contribution in [0, 0.1) is 0 Å². The molecule has 0 fully saturated rings. The minimum Gasteiger partial charge on any atom is -0.491 e. The summed E-state index contributed by atoms with van der Waals surface area (Å²) in [6, 6.07) is 7.62. The van der Waals surface area contributed by atoms with E-state index < -0.39 is 0 Å². The molecule has 6 heteroatoms. The SMILES string of the molecule is COCc1nc(-c2ccc(OC(C)C)cc2)nc(N)c1Br. The molecule has 0 unspecified atom stereocenters. The summed E-state index contributed by atoms with van der Waals surface area (Å²) in [5, 5.41) is 0. The van der Waals surface area contributed by atoms with Crippen molar-refractivity contribution in [1.82, 2.24) is 9.97 Å². The highest BCUT2D eigenvalue weighted by Gasteiger charge is 2.11. The molecule has 0 aliphatic carbocycles. The Morgan fingerprint density at radius 2 is 1.86 bits per heavy atom. The monoisotopic (exact) mass is 351 g/mol. The van der Waals surface area contributed by atoms with Gasteiger partial charge in [0.05, 0.1) is 22.9 Å². The molecule has 1 aromatic heterocycles. The van der Waals surface area contributed by atoms with Crippen molar-refractivity contribution in [1.29, 1.82) is 0 Å². The second-order valence-corrected chi connectivity index (χ2v) is 5.61. The molecule has 21 heavy (non-hydrogen) atoms. The molecule has 0 radical (unpaired) electrons. The second-order valence-electron chi connectivity index (χ2n) is 4.82. The number of nitrogens with zero attached hydrogens (tertiary/aromatic N) is 2. The standard InChI is InChI=1S/C15H18BrN3O2/c1-9(2)21-11-6-4-10(5-7-11)15-18-12(8-20-3)13(16)14(17)19-15/h4-7,9H,8H2,1-3H3,(H2,17,18,19). The zero-order chi connectivity index (χ0) is 15.4. The van der Waals surface area contributed by atoms with Crippen LogP contribution in [0.25, 0.3) is 11.4 Å². The van der Waals surface area contributed by atoms with E-state index >= 15 is 0 Å². The van der Waals surface area contributed by atoms with Gasteiger partial charge in [-0.2, -0.15) is 0 Å². The number of nitrogens with two attached hydrogens (primary N) is 1. The van der Waals surface area contributed by atoms with Crippen LogP contribution in [0.4, 0.5) is 5.82 Å². The Balaban J connectivity index is 2.33. The predicted octanol–water partition coefficient (Wildman–Crippen LogP) is 3.42. The minimum atomic E-state index is 0.142. The molecule has 5 nitrogen and oxygen atoms in total. The lowest BCUT2D eigenvalue weighted by Gasteiger charge is -2.11. The highest BCUT2D eigenvalue weighted by molar-refractivity contribution is 9.10. The van der Waals surface area contributed by atoms with Crippen LogP contribution in [0.2, 0.25) is 0 Å². The minimum absolute atomic E-state index is 0.142.